The molecule has 6 nitrogen and oxygen atoms in total. The fraction of sp³-hybridized carbons (Fsp3) is 0.286. The lowest BCUT2D eigenvalue weighted by atomic mass is 9.93. The van der Waals surface area contributed by atoms with E-state index in [-0.39, 0.29) is 24.5 Å². The van der Waals surface area contributed by atoms with Crippen LogP contribution in [0, 0.1) is 5.92 Å². The molecule has 0 saturated carbocycles. The molecule has 1 unspecified atom stereocenters. The van der Waals surface area contributed by atoms with Crippen LogP contribution in [-0.4, -0.2) is 48.6 Å². The van der Waals surface area contributed by atoms with Crippen molar-refractivity contribution in [3.63, 3.8) is 0 Å². The van der Waals surface area contributed by atoms with E-state index in [0.717, 1.165) is 10.8 Å². The highest BCUT2D eigenvalue weighted by atomic mass is 16.5. The number of ketones is 1. The average Bonchev–Trinajstić information content (AvgIpc) is 3.10. The van der Waals surface area contributed by atoms with Gasteiger partial charge in [-0.2, -0.15) is 0 Å². The summed E-state index contributed by atoms with van der Waals surface area (Å²) in [5.41, 5.74) is 1.27. The van der Waals surface area contributed by atoms with Gasteiger partial charge >= 0.3 is 0 Å². The number of ether oxygens (including phenoxy) is 2. The molecule has 0 radical (unpaired) electrons. The van der Waals surface area contributed by atoms with Crippen molar-refractivity contribution < 1.29 is 24.2 Å². The number of carbonyl (C=O) groups is 2. The summed E-state index contributed by atoms with van der Waals surface area (Å²) in [5.74, 6) is -0.554. The van der Waals surface area contributed by atoms with Gasteiger partial charge in [0.15, 0.2) is 0 Å². The van der Waals surface area contributed by atoms with E-state index in [1.807, 2.05) is 60.7 Å². The molecule has 3 aromatic carbocycles. The van der Waals surface area contributed by atoms with Gasteiger partial charge in [-0.3, -0.25) is 9.59 Å². The Hall–Kier alpha value is -3.64. The van der Waals surface area contributed by atoms with Gasteiger partial charge in [0.05, 0.1) is 24.8 Å². The van der Waals surface area contributed by atoms with Gasteiger partial charge in [-0.05, 0) is 34.4 Å². The average molecular weight is 460 g/mol. The number of likely N-dealkylation sites (tertiary alicyclic amines) is 1. The summed E-state index contributed by atoms with van der Waals surface area (Å²) in [6, 6.07) is 19.8. The molecule has 1 amide bonds. The minimum absolute atomic E-state index is 0.0680. The van der Waals surface area contributed by atoms with E-state index in [4.69, 9.17) is 9.47 Å². The zero-order chi connectivity index (χ0) is 24.2. The molecule has 1 aliphatic rings. The van der Waals surface area contributed by atoms with E-state index in [1.165, 1.54) is 4.90 Å². The number of aliphatic hydroxyl groups is 1. The Morgan fingerprint density at radius 1 is 1.03 bits per heavy atom. The molecule has 3 aromatic rings. The SMILES string of the molecule is COCCN1C(=O)C(=O)/C(=C(\O)c2cccc3ccccc23)C1c1cccc(OCC(C)C)c1. The zero-order valence-corrected chi connectivity index (χ0v) is 19.7. The van der Waals surface area contributed by atoms with Crippen molar-refractivity contribution in [2.45, 2.75) is 19.9 Å². The lowest BCUT2D eigenvalue weighted by Gasteiger charge is -2.25. The van der Waals surface area contributed by atoms with Crippen LogP contribution in [0.2, 0.25) is 0 Å². The quantitative estimate of drug-likeness (QED) is 0.293. The smallest absolute Gasteiger partial charge is 0.295 e. The van der Waals surface area contributed by atoms with Crippen LogP contribution in [0.3, 0.4) is 0 Å². The highest BCUT2D eigenvalue weighted by Crippen LogP contribution is 2.41. The van der Waals surface area contributed by atoms with Crippen molar-refractivity contribution in [1.82, 2.24) is 4.90 Å². The molecule has 0 aliphatic carbocycles. The van der Waals surface area contributed by atoms with Gasteiger partial charge in [-0.15, -0.1) is 0 Å². The number of Topliss-reactive ketones (excluding diaryl/α,β-unsaturated/α-hetero) is 1. The fourth-order valence-electron chi connectivity index (χ4n) is 4.26. The number of methoxy groups -OCH3 is 1. The molecule has 4 rings (SSSR count). The predicted octanol–water partition coefficient (Wildman–Crippen LogP) is 4.94. The second kappa shape index (κ2) is 10.1. The maximum atomic E-state index is 13.2. The third-order valence-electron chi connectivity index (χ3n) is 5.88. The second-order valence-electron chi connectivity index (χ2n) is 8.79. The van der Waals surface area contributed by atoms with E-state index in [9.17, 15) is 14.7 Å². The maximum Gasteiger partial charge on any atom is 0.295 e. The molecule has 1 heterocycles. The van der Waals surface area contributed by atoms with Gasteiger partial charge in [0.1, 0.15) is 11.5 Å². The number of nitrogens with zero attached hydrogens (tertiary/aromatic N) is 1. The Morgan fingerprint density at radius 2 is 1.76 bits per heavy atom. The van der Waals surface area contributed by atoms with Crippen LogP contribution in [0.5, 0.6) is 5.75 Å². The second-order valence-corrected chi connectivity index (χ2v) is 8.79. The van der Waals surface area contributed by atoms with Gasteiger partial charge in [0.2, 0.25) is 0 Å². The molecule has 1 aliphatic heterocycles. The first-order valence-electron chi connectivity index (χ1n) is 11.4. The topological polar surface area (TPSA) is 76.1 Å². The molecule has 176 valence electrons. The molecule has 1 N–H and O–H groups in total. The van der Waals surface area contributed by atoms with E-state index in [0.29, 0.717) is 29.4 Å². The number of rotatable bonds is 8. The van der Waals surface area contributed by atoms with Crippen LogP contribution >= 0.6 is 0 Å². The standard InChI is InChI=1S/C28H29NO5/c1-18(2)17-34-21-11-6-10-20(16-21)25-24(27(31)28(32)29(25)14-15-33-3)26(30)23-13-7-9-19-8-4-5-12-22(19)23/h4-13,16,18,25,30H,14-15,17H2,1-3H3/b26-24-. The first-order valence-corrected chi connectivity index (χ1v) is 11.4. The number of carbonyl (C=O) groups excluding carboxylic acids is 2. The summed E-state index contributed by atoms with van der Waals surface area (Å²) in [7, 11) is 1.54. The lowest BCUT2D eigenvalue weighted by Crippen LogP contribution is -2.32. The minimum Gasteiger partial charge on any atom is -0.507 e. The van der Waals surface area contributed by atoms with Crippen LogP contribution in [0.4, 0.5) is 0 Å². The Kier molecular flexibility index (Phi) is 6.98. The molecular weight excluding hydrogens is 430 g/mol. The van der Waals surface area contributed by atoms with Crippen molar-refractivity contribution >= 4 is 28.2 Å². The van der Waals surface area contributed by atoms with Crippen LogP contribution in [0.15, 0.2) is 72.3 Å². The zero-order valence-electron chi connectivity index (χ0n) is 19.7. The number of fused-ring (bicyclic) bond motifs is 1. The molecule has 0 bridgehead atoms. The van der Waals surface area contributed by atoms with Crippen LogP contribution in [-0.2, 0) is 14.3 Å². The van der Waals surface area contributed by atoms with Crippen LogP contribution < -0.4 is 4.74 Å². The summed E-state index contributed by atoms with van der Waals surface area (Å²) in [5, 5.41) is 13.2. The minimum atomic E-state index is -0.753. The molecule has 6 heteroatoms. The van der Waals surface area contributed by atoms with Gasteiger partial charge in [-0.25, -0.2) is 0 Å². The lowest BCUT2D eigenvalue weighted by molar-refractivity contribution is -0.140. The van der Waals surface area contributed by atoms with Gasteiger partial charge in [0.25, 0.3) is 11.7 Å². The first-order chi connectivity index (χ1) is 16.4. The molecule has 1 fully saturated rings. The number of hydrogen-bond donors (Lipinski definition) is 1. The number of aliphatic hydroxyl groups excluding tert-OH is 1. The number of amides is 1. The summed E-state index contributed by atoms with van der Waals surface area (Å²) in [6.07, 6.45) is 0. The molecular formula is C28H29NO5. The van der Waals surface area contributed by atoms with Gasteiger partial charge < -0.3 is 19.5 Å². The largest absolute Gasteiger partial charge is 0.507 e. The van der Waals surface area contributed by atoms with E-state index >= 15 is 0 Å². The van der Waals surface area contributed by atoms with E-state index in [2.05, 4.69) is 13.8 Å². The molecule has 34 heavy (non-hydrogen) atoms. The van der Waals surface area contributed by atoms with E-state index < -0.39 is 17.7 Å². The predicted molar refractivity (Wildman–Crippen MR) is 132 cm³/mol. The normalized spacial score (nSPS) is 17.6. The van der Waals surface area contributed by atoms with Gasteiger partial charge in [-0.1, -0.05) is 68.4 Å². The van der Waals surface area contributed by atoms with Crippen LogP contribution in [0.1, 0.15) is 31.0 Å². The summed E-state index contributed by atoms with van der Waals surface area (Å²) in [4.78, 5) is 27.7. The van der Waals surface area contributed by atoms with Crippen molar-refractivity contribution in [3.8, 4) is 5.75 Å². The van der Waals surface area contributed by atoms with Crippen LogP contribution in [0.25, 0.3) is 16.5 Å². The van der Waals surface area contributed by atoms with Crippen molar-refractivity contribution in [2.24, 2.45) is 5.92 Å². The maximum absolute atomic E-state index is 13.2. The number of hydrogen-bond acceptors (Lipinski definition) is 5. The third-order valence-corrected chi connectivity index (χ3v) is 5.88. The summed E-state index contributed by atoms with van der Waals surface area (Å²) >= 11 is 0. The highest BCUT2D eigenvalue weighted by molar-refractivity contribution is 6.46. The molecule has 1 saturated heterocycles. The molecule has 1 atom stereocenters. The van der Waals surface area contributed by atoms with Crippen molar-refractivity contribution in [2.75, 3.05) is 26.9 Å². The summed E-state index contributed by atoms with van der Waals surface area (Å²) < 4.78 is 11.1. The summed E-state index contributed by atoms with van der Waals surface area (Å²) in [6.45, 7) is 5.15. The monoisotopic (exact) mass is 459 g/mol. The van der Waals surface area contributed by atoms with Crippen molar-refractivity contribution in [3.05, 3.63) is 83.4 Å². The fourth-order valence-corrected chi connectivity index (χ4v) is 4.26. The first kappa shape index (κ1) is 23.5. The Labute approximate surface area is 199 Å². The highest BCUT2D eigenvalue weighted by Gasteiger charge is 2.46. The van der Waals surface area contributed by atoms with Crippen molar-refractivity contribution in [1.29, 1.82) is 0 Å². The van der Waals surface area contributed by atoms with E-state index in [1.54, 1.807) is 13.2 Å². The Bertz CT molecular complexity index is 1240. The number of benzene rings is 3. The molecule has 0 spiro atoms. The Balaban J connectivity index is 1.87. The third kappa shape index (κ3) is 4.54. The Morgan fingerprint density at radius 3 is 2.53 bits per heavy atom. The molecule has 0 aromatic heterocycles. The van der Waals surface area contributed by atoms with Gasteiger partial charge in [0, 0.05) is 19.2 Å².